The molecule has 1 aliphatic heterocycles. The highest BCUT2D eigenvalue weighted by molar-refractivity contribution is 6.30. The van der Waals surface area contributed by atoms with Crippen molar-refractivity contribution < 1.29 is 9.84 Å². The zero-order valence-electron chi connectivity index (χ0n) is 15.7. The number of benzene rings is 2. The van der Waals surface area contributed by atoms with E-state index in [1.165, 1.54) is 0 Å². The molecule has 4 rings (SSSR count). The SMILES string of the molecule is COc1ccc(-c2ccnc(N3CCC(O)(c4ccc(Cl)cc4)CC3)n2)cc1. The second-order valence-electron chi connectivity index (χ2n) is 7.00. The van der Waals surface area contributed by atoms with E-state index in [0.29, 0.717) is 36.9 Å². The molecule has 1 saturated heterocycles. The van der Waals surface area contributed by atoms with Gasteiger partial charge in [0, 0.05) is 29.9 Å². The van der Waals surface area contributed by atoms with Crippen molar-refractivity contribution in [2.24, 2.45) is 0 Å². The molecule has 1 aromatic heterocycles. The van der Waals surface area contributed by atoms with Crippen LogP contribution in [0, 0.1) is 0 Å². The highest BCUT2D eigenvalue weighted by Crippen LogP contribution is 2.34. The van der Waals surface area contributed by atoms with Crippen molar-refractivity contribution in [3.05, 3.63) is 71.4 Å². The van der Waals surface area contributed by atoms with Crippen LogP contribution in [-0.2, 0) is 5.60 Å². The first kappa shape index (κ1) is 18.7. The molecule has 5 nitrogen and oxygen atoms in total. The van der Waals surface area contributed by atoms with Crippen molar-refractivity contribution >= 4 is 17.5 Å². The topological polar surface area (TPSA) is 58.5 Å². The Morgan fingerprint density at radius 3 is 2.32 bits per heavy atom. The van der Waals surface area contributed by atoms with E-state index >= 15 is 0 Å². The molecule has 2 heterocycles. The van der Waals surface area contributed by atoms with Crippen LogP contribution in [0.4, 0.5) is 5.95 Å². The van der Waals surface area contributed by atoms with Gasteiger partial charge in [0.25, 0.3) is 0 Å². The Morgan fingerprint density at radius 2 is 1.68 bits per heavy atom. The Labute approximate surface area is 169 Å². The van der Waals surface area contributed by atoms with Gasteiger partial charge in [-0.3, -0.25) is 0 Å². The monoisotopic (exact) mass is 395 g/mol. The number of piperidine rings is 1. The first-order valence-electron chi connectivity index (χ1n) is 9.28. The normalized spacial score (nSPS) is 16.0. The average Bonchev–Trinajstić information content (AvgIpc) is 2.75. The van der Waals surface area contributed by atoms with E-state index in [0.717, 1.165) is 22.6 Å². The van der Waals surface area contributed by atoms with Crippen molar-refractivity contribution in [2.45, 2.75) is 18.4 Å². The maximum atomic E-state index is 11.1. The summed E-state index contributed by atoms with van der Waals surface area (Å²) < 4.78 is 5.21. The summed E-state index contributed by atoms with van der Waals surface area (Å²) in [4.78, 5) is 11.3. The van der Waals surface area contributed by atoms with Crippen LogP contribution in [0.3, 0.4) is 0 Å². The predicted molar refractivity (Wildman–Crippen MR) is 111 cm³/mol. The van der Waals surface area contributed by atoms with Crippen LogP contribution in [0.2, 0.25) is 5.02 Å². The minimum absolute atomic E-state index is 0.616. The molecule has 1 fully saturated rings. The number of hydrogen-bond acceptors (Lipinski definition) is 5. The van der Waals surface area contributed by atoms with Gasteiger partial charge in [-0.2, -0.15) is 0 Å². The standard InChI is InChI=1S/C22H22ClN3O2/c1-28-19-8-2-16(3-9-19)20-10-13-24-21(25-20)26-14-11-22(27,12-15-26)17-4-6-18(23)7-5-17/h2-10,13,27H,11-12,14-15H2,1H3. The van der Waals surface area contributed by atoms with E-state index in [-0.39, 0.29) is 0 Å². The van der Waals surface area contributed by atoms with Crippen LogP contribution in [0.1, 0.15) is 18.4 Å². The summed E-state index contributed by atoms with van der Waals surface area (Å²) in [7, 11) is 1.65. The second-order valence-corrected chi connectivity index (χ2v) is 7.43. The van der Waals surface area contributed by atoms with Crippen molar-refractivity contribution in [1.82, 2.24) is 9.97 Å². The molecule has 3 aromatic rings. The third-order valence-corrected chi connectivity index (χ3v) is 5.54. The molecule has 1 aliphatic rings. The minimum Gasteiger partial charge on any atom is -0.497 e. The van der Waals surface area contributed by atoms with E-state index in [2.05, 4.69) is 9.88 Å². The number of rotatable bonds is 4. The molecule has 6 heteroatoms. The van der Waals surface area contributed by atoms with Crippen molar-refractivity contribution in [2.75, 3.05) is 25.1 Å². The number of aliphatic hydroxyl groups is 1. The van der Waals surface area contributed by atoms with Crippen molar-refractivity contribution in [3.8, 4) is 17.0 Å². The molecule has 1 N–H and O–H groups in total. The molecule has 144 valence electrons. The van der Waals surface area contributed by atoms with Gasteiger partial charge in [-0.1, -0.05) is 23.7 Å². The van der Waals surface area contributed by atoms with Gasteiger partial charge in [-0.05, 0) is 60.9 Å². The lowest BCUT2D eigenvalue weighted by atomic mass is 9.84. The van der Waals surface area contributed by atoms with E-state index in [1.807, 2.05) is 54.6 Å². The van der Waals surface area contributed by atoms with E-state index in [1.54, 1.807) is 13.3 Å². The molecule has 2 aromatic carbocycles. The summed E-state index contributed by atoms with van der Waals surface area (Å²) in [5, 5.41) is 11.7. The third-order valence-electron chi connectivity index (χ3n) is 5.28. The van der Waals surface area contributed by atoms with Crippen molar-refractivity contribution in [1.29, 1.82) is 0 Å². The first-order valence-corrected chi connectivity index (χ1v) is 9.66. The first-order chi connectivity index (χ1) is 13.6. The highest BCUT2D eigenvalue weighted by Gasteiger charge is 2.34. The maximum absolute atomic E-state index is 11.1. The van der Waals surface area contributed by atoms with Gasteiger partial charge in [-0.25, -0.2) is 9.97 Å². The summed E-state index contributed by atoms with van der Waals surface area (Å²) in [5.74, 6) is 1.50. The molecule has 0 aliphatic carbocycles. The minimum atomic E-state index is -0.839. The molecule has 0 radical (unpaired) electrons. The van der Waals surface area contributed by atoms with Crippen LogP contribution >= 0.6 is 11.6 Å². The molecular weight excluding hydrogens is 374 g/mol. The zero-order chi connectivity index (χ0) is 19.6. The Hall–Kier alpha value is -2.63. The fraction of sp³-hybridized carbons (Fsp3) is 0.273. The van der Waals surface area contributed by atoms with Gasteiger partial charge in [0.15, 0.2) is 0 Å². The lowest BCUT2D eigenvalue weighted by Gasteiger charge is -2.38. The average molecular weight is 396 g/mol. The maximum Gasteiger partial charge on any atom is 0.225 e. The van der Waals surface area contributed by atoms with Gasteiger partial charge in [0.2, 0.25) is 5.95 Å². The molecule has 0 amide bonds. The second kappa shape index (κ2) is 7.78. The van der Waals surface area contributed by atoms with Gasteiger partial charge < -0.3 is 14.7 Å². The molecule has 0 atom stereocenters. The number of halogens is 1. The van der Waals surface area contributed by atoms with Crippen molar-refractivity contribution in [3.63, 3.8) is 0 Å². The summed E-state index contributed by atoms with van der Waals surface area (Å²) in [6, 6.07) is 17.2. The van der Waals surface area contributed by atoms with Gasteiger partial charge in [0.05, 0.1) is 18.4 Å². The summed E-state index contributed by atoms with van der Waals surface area (Å²) in [5.41, 5.74) is 1.95. The molecule has 28 heavy (non-hydrogen) atoms. The number of anilines is 1. The summed E-state index contributed by atoms with van der Waals surface area (Å²) >= 11 is 5.97. The van der Waals surface area contributed by atoms with Gasteiger partial charge in [-0.15, -0.1) is 0 Å². The third kappa shape index (κ3) is 3.81. The van der Waals surface area contributed by atoms with Crippen LogP contribution in [0.25, 0.3) is 11.3 Å². The highest BCUT2D eigenvalue weighted by atomic mass is 35.5. The Morgan fingerprint density at radius 1 is 1.00 bits per heavy atom. The molecule has 0 saturated carbocycles. The molecule has 0 spiro atoms. The van der Waals surface area contributed by atoms with Crippen LogP contribution in [-0.4, -0.2) is 35.3 Å². The number of aromatic nitrogens is 2. The van der Waals surface area contributed by atoms with Crippen LogP contribution in [0.15, 0.2) is 60.8 Å². The molecular formula is C22H22ClN3O2. The molecule has 0 bridgehead atoms. The summed E-state index contributed by atoms with van der Waals surface area (Å²) in [6.45, 7) is 1.37. The molecule has 0 unspecified atom stereocenters. The Balaban J connectivity index is 1.49. The largest absolute Gasteiger partial charge is 0.497 e. The Kier molecular flexibility index (Phi) is 5.20. The van der Waals surface area contributed by atoms with Crippen LogP contribution in [0.5, 0.6) is 5.75 Å². The Bertz CT molecular complexity index is 937. The lowest BCUT2D eigenvalue weighted by molar-refractivity contribution is 0.0115. The van der Waals surface area contributed by atoms with Crippen LogP contribution < -0.4 is 9.64 Å². The predicted octanol–water partition coefficient (Wildman–Crippen LogP) is 4.29. The van der Waals surface area contributed by atoms with Gasteiger partial charge >= 0.3 is 0 Å². The summed E-state index contributed by atoms with van der Waals surface area (Å²) in [6.07, 6.45) is 3.01. The number of hydrogen-bond donors (Lipinski definition) is 1. The number of methoxy groups -OCH3 is 1. The fourth-order valence-corrected chi connectivity index (χ4v) is 3.67. The van der Waals surface area contributed by atoms with E-state index in [4.69, 9.17) is 21.3 Å². The van der Waals surface area contributed by atoms with Gasteiger partial charge in [0.1, 0.15) is 5.75 Å². The number of nitrogens with zero attached hydrogens (tertiary/aromatic N) is 3. The zero-order valence-corrected chi connectivity index (χ0v) is 16.4. The van der Waals surface area contributed by atoms with E-state index < -0.39 is 5.60 Å². The van der Waals surface area contributed by atoms with E-state index in [9.17, 15) is 5.11 Å². The smallest absolute Gasteiger partial charge is 0.225 e. The fourth-order valence-electron chi connectivity index (χ4n) is 3.55. The lowest BCUT2D eigenvalue weighted by Crippen LogP contribution is -2.43. The quantitative estimate of drug-likeness (QED) is 0.714. The number of ether oxygens (including phenoxy) is 1.